The van der Waals surface area contributed by atoms with Crippen molar-refractivity contribution in [1.29, 1.82) is 0 Å². The van der Waals surface area contributed by atoms with Crippen LogP contribution in [0.1, 0.15) is 57.8 Å². The first-order chi connectivity index (χ1) is 17.7. The highest BCUT2D eigenvalue weighted by molar-refractivity contribution is 5.81. The van der Waals surface area contributed by atoms with Gasteiger partial charge in [0.1, 0.15) is 24.3 Å². The lowest BCUT2D eigenvalue weighted by Gasteiger charge is -2.44. The van der Waals surface area contributed by atoms with E-state index in [0.717, 1.165) is 68.2 Å². The molecule has 0 radical (unpaired) electrons. The summed E-state index contributed by atoms with van der Waals surface area (Å²) >= 11 is 0. The maximum absolute atomic E-state index is 12.9. The summed E-state index contributed by atoms with van der Waals surface area (Å²) < 4.78 is 0. The average molecular weight is 507 g/mol. The second-order valence-electron chi connectivity index (χ2n) is 11.9. The maximum Gasteiger partial charge on any atom is 0.225 e. The van der Waals surface area contributed by atoms with E-state index in [4.69, 9.17) is 0 Å². The van der Waals surface area contributed by atoms with Crippen molar-refractivity contribution in [2.24, 2.45) is 17.8 Å². The lowest BCUT2D eigenvalue weighted by molar-refractivity contribution is -0.145. The van der Waals surface area contributed by atoms with Crippen molar-refractivity contribution >= 4 is 23.5 Å². The first kappa shape index (κ1) is 25.4. The highest BCUT2D eigenvalue weighted by atomic mass is 16.2. The van der Waals surface area contributed by atoms with E-state index in [1.165, 1.54) is 0 Å². The molecule has 3 heterocycles. The summed E-state index contributed by atoms with van der Waals surface area (Å²) in [7, 11) is 1.68. The molecule has 10 heteroatoms. The van der Waals surface area contributed by atoms with Gasteiger partial charge in [-0.3, -0.25) is 9.59 Å². The summed E-state index contributed by atoms with van der Waals surface area (Å²) in [5, 5.41) is 9.60. The molecule has 0 bridgehead atoms. The standard InChI is InChI=1S/C27H38N8O2/c1-27(2,3)22-11-24(32-15-30-22)34-21-8-18(9-21)26(37)35-12-16(13-35)5-19-10-23(31-14-29-19)33-20-6-17(7-20)25(36)28-4/h10-11,14-18,20-21H,5-9,12-13H2,1-4H3,(H,28,36)(H,29,31,33)(H,30,32,34). The fourth-order valence-electron chi connectivity index (χ4n) is 5.38. The molecule has 1 saturated heterocycles. The third-order valence-electron chi connectivity index (χ3n) is 7.87. The molecule has 37 heavy (non-hydrogen) atoms. The first-order valence-electron chi connectivity index (χ1n) is 13.3. The molecule has 5 rings (SSSR count). The van der Waals surface area contributed by atoms with Gasteiger partial charge in [-0.15, -0.1) is 0 Å². The van der Waals surface area contributed by atoms with Gasteiger partial charge in [0.2, 0.25) is 11.8 Å². The number of likely N-dealkylation sites (tertiary alicyclic amines) is 1. The van der Waals surface area contributed by atoms with Gasteiger partial charge < -0.3 is 20.9 Å². The largest absolute Gasteiger partial charge is 0.367 e. The highest BCUT2D eigenvalue weighted by Gasteiger charge is 2.41. The number of carbonyl (C=O) groups is 2. The monoisotopic (exact) mass is 506 g/mol. The summed E-state index contributed by atoms with van der Waals surface area (Å²) in [6, 6.07) is 4.57. The predicted molar refractivity (Wildman–Crippen MR) is 141 cm³/mol. The molecule has 0 unspecified atom stereocenters. The molecule has 198 valence electrons. The van der Waals surface area contributed by atoms with Crippen molar-refractivity contribution in [1.82, 2.24) is 30.2 Å². The summed E-state index contributed by atoms with van der Waals surface area (Å²) in [4.78, 5) is 44.1. The Bertz CT molecular complexity index is 1130. The quantitative estimate of drug-likeness (QED) is 0.498. The Morgan fingerprint density at radius 1 is 0.892 bits per heavy atom. The van der Waals surface area contributed by atoms with Gasteiger partial charge in [-0.1, -0.05) is 20.8 Å². The van der Waals surface area contributed by atoms with Crippen molar-refractivity contribution in [3.8, 4) is 0 Å². The van der Waals surface area contributed by atoms with Crippen molar-refractivity contribution in [3.05, 3.63) is 36.2 Å². The summed E-state index contributed by atoms with van der Waals surface area (Å²) in [5.41, 5.74) is 1.97. The Kier molecular flexibility index (Phi) is 7.00. The number of nitrogens with one attached hydrogen (secondary N) is 3. The van der Waals surface area contributed by atoms with Crippen LogP contribution in [0.2, 0.25) is 0 Å². The molecule has 2 aromatic heterocycles. The van der Waals surface area contributed by atoms with E-state index < -0.39 is 0 Å². The minimum Gasteiger partial charge on any atom is -0.367 e. The molecule has 3 N–H and O–H groups in total. The van der Waals surface area contributed by atoms with Gasteiger partial charge in [-0.2, -0.15) is 0 Å². The molecule has 2 aromatic rings. The van der Waals surface area contributed by atoms with Crippen LogP contribution in [0.25, 0.3) is 0 Å². The number of rotatable bonds is 8. The Morgan fingerprint density at radius 2 is 1.49 bits per heavy atom. The maximum atomic E-state index is 12.9. The second kappa shape index (κ2) is 10.2. The molecule has 1 aliphatic heterocycles. The van der Waals surface area contributed by atoms with Crippen molar-refractivity contribution in [3.63, 3.8) is 0 Å². The van der Waals surface area contributed by atoms with Crippen LogP contribution in [-0.2, 0) is 21.4 Å². The van der Waals surface area contributed by atoms with Crippen LogP contribution in [0.15, 0.2) is 24.8 Å². The molecule has 0 spiro atoms. The van der Waals surface area contributed by atoms with Gasteiger partial charge in [0, 0.05) is 67.3 Å². The number of aromatic nitrogens is 4. The topological polar surface area (TPSA) is 125 Å². The highest BCUT2D eigenvalue weighted by Crippen LogP contribution is 2.34. The van der Waals surface area contributed by atoms with E-state index in [1.54, 1.807) is 19.7 Å². The van der Waals surface area contributed by atoms with Gasteiger partial charge in [0.15, 0.2) is 0 Å². The van der Waals surface area contributed by atoms with Crippen LogP contribution < -0.4 is 16.0 Å². The Labute approximate surface area is 218 Å². The second-order valence-corrected chi connectivity index (χ2v) is 11.9. The third-order valence-corrected chi connectivity index (χ3v) is 7.87. The molecule has 2 aliphatic carbocycles. The van der Waals surface area contributed by atoms with Gasteiger partial charge in [0.05, 0.1) is 5.69 Å². The Hall–Kier alpha value is -3.30. The van der Waals surface area contributed by atoms with Gasteiger partial charge in [0.25, 0.3) is 0 Å². The van der Waals surface area contributed by atoms with Crippen molar-refractivity contribution in [2.45, 2.75) is 70.4 Å². The van der Waals surface area contributed by atoms with E-state index in [2.05, 4.69) is 56.7 Å². The van der Waals surface area contributed by atoms with Crippen LogP contribution >= 0.6 is 0 Å². The number of nitrogens with zero attached hydrogens (tertiary/aromatic N) is 5. The molecule has 0 aromatic carbocycles. The minimum atomic E-state index is -0.0244. The minimum absolute atomic E-state index is 0.0244. The molecule has 2 saturated carbocycles. The molecule has 10 nitrogen and oxygen atoms in total. The zero-order valence-electron chi connectivity index (χ0n) is 22.2. The third kappa shape index (κ3) is 5.83. The molecular weight excluding hydrogens is 468 g/mol. The molecule has 3 aliphatic rings. The van der Waals surface area contributed by atoms with Crippen LogP contribution in [0.5, 0.6) is 0 Å². The lowest BCUT2D eigenvalue weighted by Crippen LogP contribution is -2.55. The van der Waals surface area contributed by atoms with Crippen LogP contribution in [-0.4, -0.2) is 68.9 Å². The van der Waals surface area contributed by atoms with E-state index in [0.29, 0.717) is 5.92 Å². The van der Waals surface area contributed by atoms with Crippen LogP contribution in [0.3, 0.4) is 0 Å². The molecule has 0 atom stereocenters. The van der Waals surface area contributed by atoms with Gasteiger partial charge in [-0.25, -0.2) is 19.9 Å². The fourth-order valence-corrected chi connectivity index (χ4v) is 5.38. The SMILES string of the molecule is CNC(=O)C1CC(Nc2cc(CC3CN(C(=O)C4CC(Nc5cc(C(C)(C)C)ncn5)C4)C3)ncn2)C1. The number of anilines is 2. The number of carbonyl (C=O) groups excluding carboxylic acids is 2. The molecule has 2 amide bonds. The van der Waals surface area contributed by atoms with E-state index in [-0.39, 0.29) is 41.1 Å². The van der Waals surface area contributed by atoms with E-state index in [9.17, 15) is 9.59 Å². The molecular formula is C27H38N8O2. The van der Waals surface area contributed by atoms with Crippen molar-refractivity contribution < 1.29 is 9.59 Å². The normalized spacial score (nSPS) is 25.4. The summed E-state index contributed by atoms with van der Waals surface area (Å²) in [5.74, 6) is 2.65. The Balaban J connectivity index is 1.02. The van der Waals surface area contributed by atoms with Crippen LogP contribution in [0.4, 0.5) is 11.6 Å². The summed E-state index contributed by atoms with van der Waals surface area (Å²) in [6.07, 6.45) is 7.39. The zero-order chi connectivity index (χ0) is 26.2. The van der Waals surface area contributed by atoms with Gasteiger partial charge >= 0.3 is 0 Å². The van der Waals surface area contributed by atoms with Crippen molar-refractivity contribution in [2.75, 3.05) is 30.8 Å². The number of hydrogen-bond acceptors (Lipinski definition) is 8. The van der Waals surface area contributed by atoms with Gasteiger partial charge in [-0.05, 0) is 38.0 Å². The average Bonchev–Trinajstić information content (AvgIpc) is 2.79. The smallest absolute Gasteiger partial charge is 0.225 e. The number of hydrogen-bond donors (Lipinski definition) is 3. The molecule has 3 fully saturated rings. The first-order valence-corrected chi connectivity index (χ1v) is 13.3. The lowest BCUT2D eigenvalue weighted by atomic mass is 9.78. The zero-order valence-corrected chi connectivity index (χ0v) is 22.2. The Morgan fingerprint density at radius 3 is 2.11 bits per heavy atom. The number of amides is 2. The van der Waals surface area contributed by atoms with Crippen LogP contribution in [0, 0.1) is 17.8 Å². The van der Waals surface area contributed by atoms with E-state index >= 15 is 0 Å². The predicted octanol–water partition coefficient (Wildman–Crippen LogP) is 2.39. The fraction of sp³-hybridized carbons (Fsp3) is 0.630. The summed E-state index contributed by atoms with van der Waals surface area (Å²) in [6.45, 7) is 7.99. The van der Waals surface area contributed by atoms with E-state index in [1.807, 2.05) is 17.0 Å².